The molecule has 158 valence electrons. The molecule has 1 aliphatic heterocycles. The third kappa shape index (κ3) is 5.17. The largest absolute Gasteiger partial charge is 0.481 e. The number of hydrogen-bond donors (Lipinski definition) is 1. The van der Waals surface area contributed by atoms with Crippen molar-refractivity contribution in [2.24, 2.45) is 5.92 Å². The van der Waals surface area contributed by atoms with Crippen molar-refractivity contribution in [3.05, 3.63) is 54.1 Å². The Labute approximate surface area is 177 Å². The standard InChI is InChI=1S/C22H25N3O4S/c1-16-5-4-12-25(15-16)30(27,28)21-10-8-19(9-11-21)24-22(26)17(2)29-20-7-3-6-18(13-20)14-23/h3,6-11,13,16-17H,4-5,12,15H2,1-2H3,(H,24,26). The van der Waals surface area contributed by atoms with Crippen LogP contribution < -0.4 is 10.1 Å². The Morgan fingerprint density at radius 3 is 2.67 bits per heavy atom. The zero-order chi connectivity index (χ0) is 21.7. The van der Waals surface area contributed by atoms with E-state index in [9.17, 15) is 13.2 Å². The van der Waals surface area contributed by atoms with E-state index in [0.717, 1.165) is 12.8 Å². The zero-order valence-corrected chi connectivity index (χ0v) is 17.9. The third-order valence-electron chi connectivity index (χ3n) is 5.02. The minimum Gasteiger partial charge on any atom is -0.481 e. The summed E-state index contributed by atoms with van der Waals surface area (Å²) in [6.07, 6.45) is 1.11. The minimum atomic E-state index is -3.53. The Bertz CT molecular complexity index is 1040. The molecule has 0 spiro atoms. The van der Waals surface area contributed by atoms with E-state index in [4.69, 9.17) is 10.00 Å². The van der Waals surface area contributed by atoms with Gasteiger partial charge in [0.05, 0.1) is 16.5 Å². The third-order valence-corrected chi connectivity index (χ3v) is 6.90. The molecule has 2 aromatic carbocycles. The molecule has 0 bridgehead atoms. The Morgan fingerprint density at radius 2 is 2.00 bits per heavy atom. The number of nitrogens with zero attached hydrogens (tertiary/aromatic N) is 2. The van der Waals surface area contributed by atoms with E-state index in [-0.39, 0.29) is 10.8 Å². The number of nitrogens with one attached hydrogen (secondary N) is 1. The van der Waals surface area contributed by atoms with Gasteiger partial charge >= 0.3 is 0 Å². The number of sulfonamides is 1. The fraction of sp³-hybridized carbons (Fsp3) is 0.364. The summed E-state index contributed by atoms with van der Waals surface area (Å²) >= 11 is 0. The van der Waals surface area contributed by atoms with Crippen molar-refractivity contribution in [3.8, 4) is 11.8 Å². The molecule has 0 radical (unpaired) electrons. The zero-order valence-electron chi connectivity index (χ0n) is 17.0. The van der Waals surface area contributed by atoms with Crippen LogP contribution in [0, 0.1) is 17.2 Å². The SMILES string of the molecule is CC1CCCN(S(=O)(=O)c2ccc(NC(=O)C(C)Oc3cccc(C#N)c3)cc2)C1. The van der Waals surface area contributed by atoms with Crippen molar-refractivity contribution in [3.63, 3.8) is 0 Å². The van der Waals surface area contributed by atoms with Crippen LogP contribution in [-0.2, 0) is 14.8 Å². The molecule has 8 heteroatoms. The highest BCUT2D eigenvalue weighted by Crippen LogP contribution is 2.24. The van der Waals surface area contributed by atoms with Crippen LogP contribution in [0.3, 0.4) is 0 Å². The Hall–Kier alpha value is -2.89. The van der Waals surface area contributed by atoms with Gasteiger partial charge in [-0.25, -0.2) is 8.42 Å². The normalized spacial score (nSPS) is 18.2. The van der Waals surface area contributed by atoms with Crippen molar-refractivity contribution < 1.29 is 17.9 Å². The van der Waals surface area contributed by atoms with Crippen LogP contribution in [0.5, 0.6) is 5.75 Å². The summed E-state index contributed by atoms with van der Waals surface area (Å²) in [5.74, 6) is 0.397. The average Bonchev–Trinajstić information content (AvgIpc) is 2.74. The fourth-order valence-corrected chi connectivity index (χ4v) is 4.96. The van der Waals surface area contributed by atoms with Gasteiger partial charge in [-0.3, -0.25) is 4.79 Å². The first kappa shape index (κ1) is 21.8. The van der Waals surface area contributed by atoms with Crippen LogP contribution in [0.1, 0.15) is 32.3 Å². The lowest BCUT2D eigenvalue weighted by molar-refractivity contribution is -0.122. The van der Waals surface area contributed by atoms with E-state index in [1.165, 1.54) is 16.4 Å². The van der Waals surface area contributed by atoms with Gasteiger partial charge in [0.15, 0.2) is 6.10 Å². The Balaban J connectivity index is 1.63. The van der Waals surface area contributed by atoms with Gasteiger partial charge in [-0.15, -0.1) is 0 Å². The second kappa shape index (κ2) is 9.28. The number of benzene rings is 2. The summed E-state index contributed by atoms with van der Waals surface area (Å²) in [4.78, 5) is 12.6. The van der Waals surface area contributed by atoms with E-state index in [2.05, 4.69) is 12.2 Å². The number of nitriles is 1. The predicted molar refractivity (Wildman–Crippen MR) is 113 cm³/mol. The number of amides is 1. The average molecular weight is 428 g/mol. The number of anilines is 1. The first-order valence-electron chi connectivity index (χ1n) is 9.87. The molecule has 3 rings (SSSR count). The topological polar surface area (TPSA) is 99.5 Å². The lowest BCUT2D eigenvalue weighted by Gasteiger charge is -2.30. The van der Waals surface area contributed by atoms with Crippen molar-refractivity contribution in [1.82, 2.24) is 4.31 Å². The molecule has 1 amide bonds. The van der Waals surface area contributed by atoms with Gasteiger partial charge in [-0.2, -0.15) is 9.57 Å². The summed E-state index contributed by atoms with van der Waals surface area (Å²) < 4.78 is 32.8. The van der Waals surface area contributed by atoms with Crippen LogP contribution in [0.25, 0.3) is 0 Å². The Morgan fingerprint density at radius 1 is 1.27 bits per heavy atom. The van der Waals surface area contributed by atoms with Crippen LogP contribution in [0.15, 0.2) is 53.4 Å². The number of carbonyl (C=O) groups excluding carboxylic acids is 1. The van der Waals surface area contributed by atoms with Crippen molar-refractivity contribution >= 4 is 21.6 Å². The molecule has 0 saturated carbocycles. The molecule has 7 nitrogen and oxygen atoms in total. The van der Waals surface area contributed by atoms with Crippen LogP contribution in [0.4, 0.5) is 5.69 Å². The molecule has 2 unspecified atom stereocenters. The van der Waals surface area contributed by atoms with Crippen LogP contribution in [0.2, 0.25) is 0 Å². The van der Waals surface area contributed by atoms with E-state index in [1.54, 1.807) is 43.3 Å². The van der Waals surface area contributed by atoms with E-state index >= 15 is 0 Å². The highest BCUT2D eigenvalue weighted by atomic mass is 32.2. The van der Waals surface area contributed by atoms with Gasteiger partial charge in [0.1, 0.15) is 5.75 Å². The van der Waals surface area contributed by atoms with Crippen molar-refractivity contribution in [1.29, 1.82) is 5.26 Å². The molecule has 1 N–H and O–H groups in total. The van der Waals surface area contributed by atoms with Crippen molar-refractivity contribution in [2.45, 2.75) is 37.7 Å². The molecule has 0 aliphatic carbocycles. The highest BCUT2D eigenvalue weighted by Gasteiger charge is 2.28. The molecule has 1 fully saturated rings. The van der Waals surface area contributed by atoms with Crippen molar-refractivity contribution in [2.75, 3.05) is 18.4 Å². The molecule has 2 aromatic rings. The Kier molecular flexibility index (Phi) is 6.75. The van der Waals surface area contributed by atoms with Gasteiger partial charge in [0.25, 0.3) is 5.91 Å². The van der Waals surface area contributed by atoms with E-state index < -0.39 is 16.1 Å². The molecule has 1 saturated heterocycles. The van der Waals surface area contributed by atoms with Gasteiger partial charge < -0.3 is 10.1 Å². The number of ether oxygens (including phenoxy) is 1. The maximum Gasteiger partial charge on any atom is 0.265 e. The maximum absolute atomic E-state index is 12.8. The maximum atomic E-state index is 12.8. The molecule has 2 atom stereocenters. The first-order chi connectivity index (χ1) is 14.3. The summed E-state index contributed by atoms with van der Waals surface area (Å²) in [5.41, 5.74) is 0.923. The quantitative estimate of drug-likeness (QED) is 0.762. The van der Waals surface area contributed by atoms with Gasteiger partial charge in [0.2, 0.25) is 10.0 Å². The summed E-state index contributed by atoms with van der Waals surface area (Å²) in [5, 5.41) is 11.7. The summed E-state index contributed by atoms with van der Waals surface area (Å²) in [6, 6.07) is 14.7. The smallest absolute Gasteiger partial charge is 0.265 e. The molecule has 1 heterocycles. The number of carbonyl (C=O) groups is 1. The van der Waals surface area contributed by atoms with E-state index in [0.29, 0.717) is 36.0 Å². The predicted octanol–water partition coefficient (Wildman–Crippen LogP) is 3.38. The second-order valence-corrected chi connectivity index (χ2v) is 9.46. The van der Waals surface area contributed by atoms with Gasteiger partial charge in [-0.1, -0.05) is 13.0 Å². The number of hydrogen-bond acceptors (Lipinski definition) is 5. The molecular formula is C22H25N3O4S. The summed E-state index contributed by atoms with van der Waals surface area (Å²) in [6.45, 7) is 4.72. The lowest BCUT2D eigenvalue weighted by Crippen LogP contribution is -2.39. The minimum absolute atomic E-state index is 0.215. The fourth-order valence-electron chi connectivity index (χ4n) is 3.36. The molecule has 0 aromatic heterocycles. The first-order valence-corrected chi connectivity index (χ1v) is 11.3. The lowest BCUT2D eigenvalue weighted by atomic mass is 10.0. The number of piperidine rings is 1. The van der Waals surface area contributed by atoms with Gasteiger partial charge in [0, 0.05) is 18.8 Å². The second-order valence-electron chi connectivity index (χ2n) is 7.52. The molecular weight excluding hydrogens is 402 g/mol. The van der Waals surface area contributed by atoms with E-state index in [1.807, 2.05) is 6.07 Å². The monoisotopic (exact) mass is 427 g/mol. The molecule has 30 heavy (non-hydrogen) atoms. The number of rotatable bonds is 6. The van der Waals surface area contributed by atoms with Crippen LogP contribution in [-0.4, -0.2) is 37.8 Å². The van der Waals surface area contributed by atoms with Gasteiger partial charge in [-0.05, 0) is 68.1 Å². The summed E-state index contributed by atoms with van der Waals surface area (Å²) in [7, 11) is -3.53. The molecule has 1 aliphatic rings. The van der Waals surface area contributed by atoms with Crippen LogP contribution >= 0.6 is 0 Å². The highest BCUT2D eigenvalue weighted by molar-refractivity contribution is 7.89.